The largest absolute Gasteiger partial charge is 0.508 e. The van der Waals surface area contributed by atoms with Crippen LogP contribution in [0.25, 0.3) is 0 Å². The van der Waals surface area contributed by atoms with Gasteiger partial charge >= 0.3 is 5.97 Å². The summed E-state index contributed by atoms with van der Waals surface area (Å²) >= 11 is 8.82. The summed E-state index contributed by atoms with van der Waals surface area (Å²) in [7, 11) is 0. The van der Waals surface area contributed by atoms with Gasteiger partial charge in [0.2, 0.25) is 82.7 Å². The molecule has 0 bridgehead atoms. The van der Waals surface area contributed by atoms with Crippen LogP contribution in [-0.2, 0) is 84.8 Å². The third-order valence-electron chi connectivity index (χ3n) is 18.9. The predicted molar refractivity (Wildman–Crippen MR) is 450 cm³/mol. The van der Waals surface area contributed by atoms with Crippen LogP contribution in [-0.4, -0.2) is 273 Å². The molecular formula is C74H125N25O20S2. The zero-order valence-electron chi connectivity index (χ0n) is 68.7. The molecule has 14 amide bonds. The number of hydrogen-bond acceptors (Lipinski definition) is 28. The van der Waals surface area contributed by atoms with Crippen molar-refractivity contribution in [3.05, 3.63) is 59.7 Å². The standard InChI is InChI=1S/C74H125N25O20S2/c1-7-36(2)54(80)67(114)98-56(38(4)101)69(116)93-49(32-39-15-19-41(102)20-16-39)65(112)99-57(74(5,6)121)70(117)94-50(34-53(79)104)64(111)89-44(13-10-30-85-72(81)82)58(105)90-48(25-29-78)63(110)97-55(37(3)100)68(115)92-47(24-28-77)62(109)87-43(12-8-9-26-75)60(107)96-52(35-120)66(113)91-46(23-27-76)61(108)88-45(14-11-31-86-73(83)84)59(106)95-51(71(118)119)33-40-17-21-42(103)22-18-40/h15-22,36-38,43-52,54-57,100-103,120-121H,7-14,23-35,75-78,80H2,1-6H3,(H2,79,104)(H,87,109)(H,88,108)(H,89,111)(H,90,105)(H,91,113)(H,92,115)(H,93,116)(H,94,117)(H,95,106)(H,96,107)(H,97,110)(H,98,114)(H,99,112)(H,118,119)(H4,81,82,85)(H4,83,84,86)/t36-,37+,38+,43-,44-,45-,46-,47+,48-,49-,50-,51-,52-,54-,55-,56-,57+/m0/s1. The highest BCUT2D eigenvalue weighted by molar-refractivity contribution is 7.81. The highest BCUT2D eigenvalue weighted by Crippen LogP contribution is 2.21. The van der Waals surface area contributed by atoms with E-state index >= 15 is 0 Å². The van der Waals surface area contributed by atoms with Crippen molar-refractivity contribution in [3.63, 3.8) is 0 Å². The first-order chi connectivity index (χ1) is 56.9. The van der Waals surface area contributed by atoms with E-state index in [9.17, 15) is 97.5 Å². The third kappa shape index (κ3) is 39.0. The van der Waals surface area contributed by atoms with Crippen molar-refractivity contribution in [2.75, 3.05) is 45.0 Å². The minimum absolute atomic E-state index is 0.0488. The number of carboxylic acids is 1. The lowest BCUT2D eigenvalue weighted by atomic mass is 9.98. The van der Waals surface area contributed by atoms with Crippen LogP contribution in [0.2, 0.25) is 0 Å². The number of carbonyl (C=O) groups is 15. The van der Waals surface area contributed by atoms with E-state index < -0.39 is 221 Å². The van der Waals surface area contributed by atoms with E-state index in [1.165, 1.54) is 69.3 Å². The van der Waals surface area contributed by atoms with Crippen molar-refractivity contribution < 1.29 is 97.5 Å². The number of carbonyl (C=O) groups excluding carboxylic acids is 14. The molecule has 45 nitrogen and oxygen atoms in total. The number of hydrogen-bond donors (Lipinski definition) is 32. The van der Waals surface area contributed by atoms with Crippen LogP contribution in [0.3, 0.4) is 0 Å². The fourth-order valence-electron chi connectivity index (χ4n) is 11.7. The van der Waals surface area contributed by atoms with Crippen molar-refractivity contribution in [1.82, 2.24) is 79.8 Å². The number of primary amides is 1. The summed E-state index contributed by atoms with van der Waals surface area (Å²) in [5, 5.41) is 104. The minimum atomic E-state index is -1.95. The second kappa shape index (κ2) is 54.4. The number of aliphatic hydroxyl groups excluding tert-OH is 2. The molecule has 0 aromatic heterocycles. The number of amides is 14. The highest BCUT2D eigenvalue weighted by atomic mass is 32.1. The van der Waals surface area contributed by atoms with Crippen LogP contribution >= 0.6 is 25.3 Å². The molecule has 0 radical (unpaired) electrons. The van der Waals surface area contributed by atoms with E-state index in [1.807, 2.05) is 0 Å². The molecule has 47 heteroatoms. The number of nitrogens with one attached hydrogen (secondary N) is 17. The number of thiol groups is 2. The molecule has 0 fully saturated rings. The van der Waals surface area contributed by atoms with Crippen molar-refractivity contribution >= 4 is 126 Å². The lowest BCUT2D eigenvalue weighted by Gasteiger charge is -2.33. The molecule has 17 atom stereocenters. The van der Waals surface area contributed by atoms with Gasteiger partial charge in [0.15, 0.2) is 11.9 Å². The van der Waals surface area contributed by atoms with Crippen molar-refractivity contribution in [3.8, 4) is 11.5 Å². The topological polar surface area (TPSA) is 794 Å². The maximum Gasteiger partial charge on any atom is 0.326 e. The van der Waals surface area contributed by atoms with Gasteiger partial charge in [-0.15, -0.1) is 0 Å². The van der Waals surface area contributed by atoms with E-state index in [0.29, 0.717) is 24.0 Å². The van der Waals surface area contributed by atoms with Gasteiger partial charge in [-0.25, -0.2) is 4.79 Å². The number of aliphatic hydroxyl groups is 2. The maximum absolute atomic E-state index is 14.5. The fourth-order valence-corrected chi connectivity index (χ4v) is 12.2. The molecule has 0 aliphatic heterocycles. The first kappa shape index (κ1) is 106. The molecule has 0 aliphatic rings. The quantitative estimate of drug-likeness (QED) is 0.0127. The summed E-state index contributed by atoms with van der Waals surface area (Å²) in [6.07, 6.45) is -5.40. The van der Waals surface area contributed by atoms with Crippen molar-refractivity contribution in [1.29, 1.82) is 10.8 Å². The Balaban J connectivity index is 2.48. The predicted octanol–water partition coefficient (Wildman–Crippen LogP) is -9.38. The first-order valence-electron chi connectivity index (χ1n) is 39.3. The second-order valence-electron chi connectivity index (χ2n) is 29.5. The highest BCUT2D eigenvalue weighted by Gasteiger charge is 2.42. The SMILES string of the molecule is CC[C@H](C)[C@H](N)C(=O)N[C@H](C(=O)N[C@@H](Cc1ccc(O)cc1)C(=O)N[C@H](C(=O)N[C@@H](CC(N)=O)C(=O)N[C@@H](CCCNC(=N)N)C(=O)N[C@@H](CCN)C(=O)N[C@H](C(=O)N[C@H](CCN)C(=O)N[C@@H](CCCCN)C(=O)N[C@@H](CS)C(=O)N[C@@H](CCN)C(=O)N[C@@H](CCCNC(=N)N)C(=O)N[C@@H](Cc1ccc(O)cc1)C(=O)O)[C@@H](C)O)C(C)(C)S)[C@@H](C)O. The summed E-state index contributed by atoms with van der Waals surface area (Å²) in [4.78, 5) is 209. The Morgan fingerprint density at radius 1 is 0.413 bits per heavy atom. The number of unbranched alkanes of at least 4 members (excludes halogenated alkanes) is 1. The van der Waals surface area contributed by atoms with Crippen molar-refractivity contribution in [2.24, 2.45) is 51.8 Å². The molecule has 0 aliphatic carbocycles. The second-order valence-corrected chi connectivity index (χ2v) is 31.0. The Morgan fingerprint density at radius 3 is 1.07 bits per heavy atom. The minimum Gasteiger partial charge on any atom is -0.508 e. The molecule has 0 saturated heterocycles. The Morgan fingerprint density at radius 2 is 0.727 bits per heavy atom. The van der Waals surface area contributed by atoms with Gasteiger partial charge in [0.25, 0.3) is 0 Å². The molecule has 0 unspecified atom stereocenters. The van der Waals surface area contributed by atoms with Gasteiger partial charge in [0.05, 0.1) is 24.7 Å². The van der Waals surface area contributed by atoms with E-state index in [-0.39, 0.29) is 121 Å². The van der Waals surface area contributed by atoms with Crippen molar-refractivity contribution in [2.45, 2.75) is 233 Å². The zero-order valence-corrected chi connectivity index (χ0v) is 70.4. The number of benzene rings is 2. The van der Waals surface area contributed by atoms with Gasteiger partial charge in [-0.05, 0) is 159 Å². The average molecular weight is 1750 g/mol. The van der Waals surface area contributed by atoms with E-state index in [2.05, 4.69) is 105 Å². The number of guanidine groups is 2. The van der Waals surface area contributed by atoms with Gasteiger partial charge in [0.1, 0.15) is 90.0 Å². The van der Waals surface area contributed by atoms with E-state index in [4.69, 9.17) is 56.7 Å². The van der Waals surface area contributed by atoms with Crippen LogP contribution in [0.15, 0.2) is 48.5 Å². The molecule has 0 spiro atoms. The maximum atomic E-state index is 14.5. The molecule has 0 saturated carbocycles. The van der Waals surface area contributed by atoms with Crippen LogP contribution in [0, 0.1) is 16.7 Å². The molecule has 38 N–H and O–H groups in total. The fraction of sp³-hybridized carbons (Fsp3) is 0.608. The summed E-state index contributed by atoms with van der Waals surface area (Å²) in [6, 6.07) is -11.6. The number of phenols is 2. The Labute approximate surface area is 711 Å². The van der Waals surface area contributed by atoms with Gasteiger partial charge < -0.3 is 151 Å². The summed E-state index contributed by atoms with van der Waals surface area (Å²) in [5.41, 5.74) is 46.9. The molecular weight excluding hydrogens is 1620 g/mol. The van der Waals surface area contributed by atoms with Gasteiger partial charge in [-0.3, -0.25) is 77.9 Å². The van der Waals surface area contributed by atoms with Crippen LogP contribution < -0.4 is 126 Å². The van der Waals surface area contributed by atoms with Gasteiger partial charge in [0, 0.05) is 36.4 Å². The normalized spacial score (nSPS) is 15.5. The monoisotopic (exact) mass is 1750 g/mol. The Hall–Kier alpha value is -11.0. The third-order valence-corrected chi connectivity index (χ3v) is 19.5. The lowest BCUT2D eigenvalue weighted by Crippen LogP contribution is -2.64. The molecule has 121 heavy (non-hydrogen) atoms. The van der Waals surface area contributed by atoms with Gasteiger partial charge in [-0.1, -0.05) is 44.5 Å². The molecule has 0 heterocycles. The summed E-state index contributed by atoms with van der Waals surface area (Å²) in [5.74, 6) is -18.3. The number of aliphatic carboxylic acids is 1. The number of rotatable bonds is 57. The first-order valence-corrected chi connectivity index (χ1v) is 40.4. The molecule has 2 aromatic carbocycles. The van der Waals surface area contributed by atoms with E-state index in [0.717, 1.165) is 6.92 Å². The van der Waals surface area contributed by atoms with Crippen LogP contribution in [0.1, 0.15) is 130 Å². The zero-order chi connectivity index (χ0) is 91.6. The smallest absolute Gasteiger partial charge is 0.326 e. The number of nitrogens with two attached hydrogens (primary N) is 8. The number of carboxylic acid groups (broad SMARTS) is 1. The summed E-state index contributed by atoms with van der Waals surface area (Å²) < 4.78 is -1.57. The van der Waals surface area contributed by atoms with Gasteiger partial charge in [-0.2, -0.15) is 25.3 Å². The Bertz CT molecular complexity index is 3790. The lowest BCUT2D eigenvalue weighted by molar-refractivity contribution is -0.142. The molecule has 2 aromatic rings. The number of aromatic hydroxyl groups is 2. The summed E-state index contributed by atoms with van der Waals surface area (Å²) in [6.45, 7) is 7.78. The van der Waals surface area contributed by atoms with Crippen LogP contribution in [0.4, 0.5) is 0 Å². The molecule has 2 rings (SSSR count). The number of phenolic OH excluding ortho intramolecular Hbond substituents is 2. The van der Waals surface area contributed by atoms with Crippen LogP contribution in [0.5, 0.6) is 11.5 Å². The van der Waals surface area contributed by atoms with E-state index in [1.54, 1.807) is 13.8 Å². The average Bonchev–Trinajstić information content (AvgIpc) is 0.827. The Kier molecular flexibility index (Phi) is 47.7. The molecule has 678 valence electrons.